The van der Waals surface area contributed by atoms with Crippen molar-refractivity contribution in [1.29, 1.82) is 0 Å². The minimum absolute atomic E-state index is 0.542. The molecule has 1 N–H and O–H groups in total. The van der Waals surface area contributed by atoms with E-state index >= 15 is 0 Å². The maximum Gasteiger partial charge on any atom is 0.0660 e. The maximum atomic E-state index is 10.1. The maximum absolute atomic E-state index is 10.1. The number of aliphatic hydroxyl groups is 1. The molecule has 1 unspecified atom stereocenters. The van der Waals surface area contributed by atoms with Gasteiger partial charge < -0.3 is 5.11 Å². The van der Waals surface area contributed by atoms with E-state index in [-0.39, 0.29) is 0 Å². The molecule has 84 valence electrons. The van der Waals surface area contributed by atoms with Gasteiger partial charge in [-0.3, -0.25) is 0 Å². The van der Waals surface area contributed by atoms with Crippen LogP contribution in [0.3, 0.4) is 0 Å². The van der Waals surface area contributed by atoms with Crippen molar-refractivity contribution in [3.63, 3.8) is 0 Å². The third-order valence-corrected chi connectivity index (χ3v) is 2.97. The molecule has 0 aliphatic carbocycles. The Morgan fingerprint density at radius 1 is 1.33 bits per heavy atom. The van der Waals surface area contributed by atoms with Gasteiger partial charge in [-0.15, -0.1) is 0 Å². The van der Waals surface area contributed by atoms with Crippen molar-refractivity contribution >= 4 is 23.2 Å². The summed E-state index contributed by atoms with van der Waals surface area (Å²) in [7, 11) is 0. The summed E-state index contributed by atoms with van der Waals surface area (Å²) in [5.74, 6) is 0. The van der Waals surface area contributed by atoms with Gasteiger partial charge in [0.05, 0.1) is 5.60 Å². The standard InChI is InChI=1S/C12H16Cl2O/c1-3-6-12(2,15)8-9-7-10(13)4-5-11(9)14/h4-5,7,15H,3,6,8H2,1-2H3. The molecule has 0 spiro atoms. The zero-order chi connectivity index (χ0) is 11.5. The first-order valence-electron chi connectivity index (χ1n) is 5.11. The van der Waals surface area contributed by atoms with Gasteiger partial charge >= 0.3 is 0 Å². The van der Waals surface area contributed by atoms with Crippen LogP contribution in [0, 0.1) is 0 Å². The molecule has 0 saturated carbocycles. The SMILES string of the molecule is CCCC(C)(O)Cc1cc(Cl)ccc1Cl. The predicted octanol–water partition coefficient (Wildman–Crippen LogP) is 4.09. The van der Waals surface area contributed by atoms with Crippen molar-refractivity contribution in [2.24, 2.45) is 0 Å². The van der Waals surface area contributed by atoms with E-state index in [4.69, 9.17) is 23.2 Å². The zero-order valence-corrected chi connectivity index (χ0v) is 10.6. The van der Waals surface area contributed by atoms with Gasteiger partial charge in [0.25, 0.3) is 0 Å². The molecule has 0 heterocycles. The van der Waals surface area contributed by atoms with Crippen LogP contribution in [0.5, 0.6) is 0 Å². The van der Waals surface area contributed by atoms with Crippen LogP contribution < -0.4 is 0 Å². The number of benzene rings is 1. The van der Waals surface area contributed by atoms with Gasteiger partial charge in [0.15, 0.2) is 0 Å². The molecule has 0 amide bonds. The van der Waals surface area contributed by atoms with Gasteiger partial charge in [0, 0.05) is 16.5 Å². The van der Waals surface area contributed by atoms with Crippen LogP contribution in [0.4, 0.5) is 0 Å². The lowest BCUT2D eigenvalue weighted by molar-refractivity contribution is 0.0506. The summed E-state index contributed by atoms with van der Waals surface area (Å²) in [5, 5.41) is 11.4. The van der Waals surface area contributed by atoms with E-state index in [1.807, 2.05) is 19.9 Å². The Hall–Kier alpha value is -0.240. The number of rotatable bonds is 4. The highest BCUT2D eigenvalue weighted by atomic mass is 35.5. The van der Waals surface area contributed by atoms with E-state index in [2.05, 4.69) is 0 Å². The summed E-state index contributed by atoms with van der Waals surface area (Å²) in [4.78, 5) is 0. The van der Waals surface area contributed by atoms with Gasteiger partial charge in [-0.05, 0) is 37.1 Å². The van der Waals surface area contributed by atoms with Gasteiger partial charge in [-0.25, -0.2) is 0 Å². The largest absolute Gasteiger partial charge is 0.390 e. The second-order valence-corrected chi connectivity index (χ2v) is 5.00. The third kappa shape index (κ3) is 4.02. The summed E-state index contributed by atoms with van der Waals surface area (Å²) in [5.41, 5.74) is 0.200. The van der Waals surface area contributed by atoms with Gasteiger partial charge in [-0.2, -0.15) is 0 Å². The fourth-order valence-corrected chi connectivity index (χ4v) is 2.10. The minimum atomic E-state index is -0.705. The fourth-order valence-electron chi connectivity index (χ4n) is 1.72. The van der Waals surface area contributed by atoms with Crippen LogP contribution in [0.2, 0.25) is 10.0 Å². The van der Waals surface area contributed by atoms with Crippen LogP contribution in [0.15, 0.2) is 18.2 Å². The number of hydrogen-bond acceptors (Lipinski definition) is 1. The Labute approximate surface area is 101 Å². The molecule has 0 saturated heterocycles. The molecule has 0 aliphatic rings. The minimum Gasteiger partial charge on any atom is -0.390 e. The topological polar surface area (TPSA) is 20.2 Å². The molecular formula is C12H16Cl2O. The second kappa shape index (κ2) is 5.20. The van der Waals surface area contributed by atoms with Crippen LogP contribution in [-0.2, 0) is 6.42 Å². The van der Waals surface area contributed by atoms with Gasteiger partial charge in [0.1, 0.15) is 0 Å². The highest BCUT2D eigenvalue weighted by Crippen LogP contribution is 2.26. The summed E-state index contributed by atoms with van der Waals surface area (Å²) < 4.78 is 0. The lowest BCUT2D eigenvalue weighted by atomic mass is 9.92. The molecular weight excluding hydrogens is 231 g/mol. The lowest BCUT2D eigenvalue weighted by Gasteiger charge is -2.23. The summed E-state index contributed by atoms with van der Waals surface area (Å²) in [6.45, 7) is 3.88. The number of hydrogen-bond donors (Lipinski definition) is 1. The van der Waals surface area contributed by atoms with E-state index in [0.29, 0.717) is 16.5 Å². The Kier molecular flexibility index (Phi) is 4.45. The van der Waals surface area contributed by atoms with E-state index in [1.165, 1.54) is 0 Å². The second-order valence-electron chi connectivity index (χ2n) is 4.16. The highest BCUT2D eigenvalue weighted by molar-refractivity contribution is 6.33. The van der Waals surface area contributed by atoms with E-state index < -0.39 is 5.60 Å². The molecule has 1 aromatic carbocycles. The lowest BCUT2D eigenvalue weighted by Crippen LogP contribution is -2.26. The van der Waals surface area contributed by atoms with Gasteiger partial charge in [0.2, 0.25) is 0 Å². The smallest absolute Gasteiger partial charge is 0.0660 e. The van der Waals surface area contributed by atoms with Crippen molar-refractivity contribution in [1.82, 2.24) is 0 Å². The molecule has 1 atom stereocenters. The van der Waals surface area contributed by atoms with E-state index in [0.717, 1.165) is 18.4 Å². The molecule has 0 fully saturated rings. The van der Waals surface area contributed by atoms with E-state index in [9.17, 15) is 5.11 Å². The van der Waals surface area contributed by atoms with Gasteiger partial charge in [-0.1, -0.05) is 36.5 Å². The Morgan fingerprint density at radius 3 is 2.60 bits per heavy atom. The summed E-state index contributed by atoms with van der Waals surface area (Å²) in [6, 6.07) is 5.33. The first-order chi connectivity index (χ1) is 6.94. The van der Waals surface area contributed by atoms with Crippen LogP contribution in [-0.4, -0.2) is 10.7 Å². The molecule has 15 heavy (non-hydrogen) atoms. The highest BCUT2D eigenvalue weighted by Gasteiger charge is 2.20. The summed E-state index contributed by atoms with van der Waals surface area (Å²) in [6.07, 6.45) is 2.25. The van der Waals surface area contributed by atoms with Crippen molar-refractivity contribution < 1.29 is 5.11 Å². The Bertz CT molecular complexity index is 334. The molecule has 3 heteroatoms. The summed E-state index contributed by atoms with van der Waals surface area (Å²) >= 11 is 11.9. The quantitative estimate of drug-likeness (QED) is 0.849. The molecule has 1 nitrogen and oxygen atoms in total. The van der Waals surface area contributed by atoms with E-state index in [1.54, 1.807) is 12.1 Å². The van der Waals surface area contributed by atoms with Crippen molar-refractivity contribution in [2.45, 2.75) is 38.7 Å². The average molecular weight is 247 g/mol. The monoisotopic (exact) mass is 246 g/mol. The normalized spacial score (nSPS) is 15.0. The average Bonchev–Trinajstić information content (AvgIpc) is 2.10. The Balaban J connectivity index is 2.83. The van der Waals surface area contributed by atoms with Crippen molar-refractivity contribution in [2.75, 3.05) is 0 Å². The zero-order valence-electron chi connectivity index (χ0n) is 9.06. The van der Waals surface area contributed by atoms with Crippen LogP contribution in [0.1, 0.15) is 32.3 Å². The van der Waals surface area contributed by atoms with Crippen LogP contribution >= 0.6 is 23.2 Å². The molecule has 0 aromatic heterocycles. The first-order valence-corrected chi connectivity index (χ1v) is 5.86. The van der Waals surface area contributed by atoms with Crippen LogP contribution in [0.25, 0.3) is 0 Å². The Morgan fingerprint density at radius 2 is 2.00 bits per heavy atom. The van der Waals surface area contributed by atoms with Crippen molar-refractivity contribution in [3.05, 3.63) is 33.8 Å². The molecule has 1 aromatic rings. The fraction of sp³-hybridized carbons (Fsp3) is 0.500. The number of halogens is 2. The predicted molar refractivity (Wildman–Crippen MR) is 65.7 cm³/mol. The molecule has 0 bridgehead atoms. The van der Waals surface area contributed by atoms with Crippen molar-refractivity contribution in [3.8, 4) is 0 Å². The molecule has 1 rings (SSSR count). The third-order valence-electron chi connectivity index (χ3n) is 2.37. The first kappa shape index (κ1) is 12.8. The molecule has 0 radical (unpaired) electrons. The molecule has 0 aliphatic heterocycles.